The fraction of sp³-hybridized carbons (Fsp3) is 0.714. The fourth-order valence-electron chi connectivity index (χ4n) is 4.87. The van der Waals surface area contributed by atoms with Crippen LogP contribution in [0.4, 0.5) is 0 Å². The normalized spacial score (nSPS) is 23.9. The summed E-state index contributed by atoms with van der Waals surface area (Å²) in [4.78, 5) is 34.0. The van der Waals surface area contributed by atoms with Crippen molar-refractivity contribution in [2.24, 2.45) is 0 Å². The molecule has 2 amide bonds. The SMILES string of the molecule is CC(C(=O)N1CCN(C(=O)c2ccco2)CC1)N1CCN(C2CCCC2)CC1. The Morgan fingerprint density at radius 3 is 2.21 bits per heavy atom. The van der Waals surface area contributed by atoms with Gasteiger partial charge < -0.3 is 14.2 Å². The molecule has 0 aromatic carbocycles. The van der Waals surface area contributed by atoms with Gasteiger partial charge in [-0.15, -0.1) is 0 Å². The van der Waals surface area contributed by atoms with Gasteiger partial charge in [-0.2, -0.15) is 0 Å². The maximum Gasteiger partial charge on any atom is 0.289 e. The van der Waals surface area contributed by atoms with Crippen molar-refractivity contribution in [1.82, 2.24) is 19.6 Å². The molecule has 3 heterocycles. The first-order valence-corrected chi connectivity index (χ1v) is 10.7. The van der Waals surface area contributed by atoms with E-state index in [1.807, 2.05) is 11.8 Å². The van der Waals surface area contributed by atoms with Gasteiger partial charge in [-0.3, -0.25) is 19.4 Å². The lowest BCUT2D eigenvalue weighted by Crippen LogP contribution is -2.58. The zero-order valence-corrected chi connectivity index (χ0v) is 16.9. The summed E-state index contributed by atoms with van der Waals surface area (Å²) in [5, 5.41) is 0. The van der Waals surface area contributed by atoms with Crippen LogP contribution in [0.5, 0.6) is 0 Å². The van der Waals surface area contributed by atoms with Crippen molar-refractivity contribution in [2.45, 2.75) is 44.7 Å². The Morgan fingerprint density at radius 2 is 1.61 bits per heavy atom. The van der Waals surface area contributed by atoms with Crippen molar-refractivity contribution >= 4 is 11.8 Å². The molecule has 0 bridgehead atoms. The van der Waals surface area contributed by atoms with Crippen molar-refractivity contribution in [2.75, 3.05) is 52.4 Å². The van der Waals surface area contributed by atoms with Crippen LogP contribution in [0.1, 0.15) is 43.2 Å². The third kappa shape index (κ3) is 4.10. The number of piperazine rings is 2. The van der Waals surface area contributed by atoms with Crippen LogP contribution in [0.25, 0.3) is 0 Å². The Balaban J connectivity index is 1.24. The molecule has 28 heavy (non-hydrogen) atoms. The Kier molecular flexibility index (Phi) is 6.01. The van der Waals surface area contributed by atoms with E-state index in [1.54, 1.807) is 17.0 Å². The van der Waals surface area contributed by atoms with Crippen molar-refractivity contribution in [1.29, 1.82) is 0 Å². The molecule has 2 saturated heterocycles. The minimum atomic E-state index is -0.0896. The Morgan fingerprint density at radius 1 is 0.964 bits per heavy atom. The maximum atomic E-state index is 13.0. The standard InChI is InChI=1S/C21H32N4O3/c1-17(22-8-10-23(11-9-22)18-5-2-3-6-18)20(26)24-12-14-25(15-13-24)21(27)19-7-4-16-28-19/h4,7,16-18H,2-3,5-6,8-15H2,1H3. The van der Waals surface area contributed by atoms with E-state index in [9.17, 15) is 9.59 Å². The molecule has 1 saturated carbocycles. The molecule has 7 heteroatoms. The van der Waals surface area contributed by atoms with Crippen molar-refractivity contribution in [3.63, 3.8) is 0 Å². The number of furan rings is 1. The van der Waals surface area contributed by atoms with Gasteiger partial charge in [0.2, 0.25) is 5.91 Å². The van der Waals surface area contributed by atoms with Gasteiger partial charge in [-0.25, -0.2) is 0 Å². The van der Waals surface area contributed by atoms with E-state index in [1.165, 1.54) is 31.9 Å². The van der Waals surface area contributed by atoms with Gasteiger partial charge in [-0.1, -0.05) is 12.8 Å². The molecule has 3 aliphatic rings. The van der Waals surface area contributed by atoms with E-state index in [0.29, 0.717) is 31.9 Å². The zero-order valence-electron chi connectivity index (χ0n) is 16.9. The molecule has 2 aliphatic heterocycles. The van der Waals surface area contributed by atoms with Crippen LogP contribution in [-0.2, 0) is 4.79 Å². The maximum absolute atomic E-state index is 13.0. The summed E-state index contributed by atoms with van der Waals surface area (Å²) in [7, 11) is 0. The van der Waals surface area contributed by atoms with Crippen LogP contribution in [0.15, 0.2) is 22.8 Å². The third-order valence-corrected chi connectivity index (χ3v) is 6.71. The number of hydrogen-bond donors (Lipinski definition) is 0. The van der Waals surface area contributed by atoms with Gasteiger partial charge in [0, 0.05) is 58.4 Å². The second-order valence-electron chi connectivity index (χ2n) is 8.28. The predicted molar refractivity (Wildman–Crippen MR) is 106 cm³/mol. The molecule has 1 atom stereocenters. The molecule has 1 aliphatic carbocycles. The highest BCUT2D eigenvalue weighted by molar-refractivity contribution is 5.91. The van der Waals surface area contributed by atoms with Gasteiger partial charge in [0.05, 0.1) is 12.3 Å². The molecule has 1 aromatic rings. The summed E-state index contributed by atoms with van der Waals surface area (Å²) in [5.74, 6) is 0.473. The van der Waals surface area contributed by atoms with E-state index in [4.69, 9.17) is 4.42 Å². The molecule has 1 unspecified atom stereocenters. The highest BCUT2D eigenvalue weighted by Gasteiger charge is 2.33. The first-order valence-electron chi connectivity index (χ1n) is 10.7. The minimum absolute atomic E-state index is 0.0851. The molecule has 4 rings (SSSR count). The lowest BCUT2D eigenvalue weighted by atomic mass is 10.1. The third-order valence-electron chi connectivity index (χ3n) is 6.71. The Labute approximate surface area is 167 Å². The van der Waals surface area contributed by atoms with Crippen LogP contribution >= 0.6 is 0 Å². The number of carbonyl (C=O) groups is 2. The zero-order chi connectivity index (χ0) is 19.5. The largest absolute Gasteiger partial charge is 0.459 e. The lowest BCUT2D eigenvalue weighted by molar-refractivity contribution is -0.138. The van der Waals surface area contributed by atoms with E-state index < -0.39 is 0 Å². The smallest absolute Gasteiger partial charge is 0.289 e. The summed E-state index contributed by atoms with van der Waals surface area (Å²) >= 11 is 0. The molecular weight excluding hydrogens is 356 g/mol. The van der Waals surface area contributed by atoms with Gasteiger partial charge in [0.25, 0.3) is 5.91 Å². The van der Waals surface area contributed by atoms with Crippen molar-refractivity contribution < 1.29 is 14.0 Å². The average molecular weight is 389 g/mol. The average Bonchev–Trinajstić information content (AvgIpc) is 3.47. The van der Waals surface area contributed by atoms with E-state index in [2.05, 4.69) is 9.80 Å². The summed E-state index contributed by atoms with van der Waals surface area (Å²) in [6, 6.07) is 4.10. The summed E-state index contributed by atoms with van der Waals surface area (Å²) in [6.07, 6.45) is 6.94. The molecule has 1 aromatic heterocycles. The number of amides is 2. The number of nitrogens with zero attached hydrogens (tertiary/aromatic N) is 4. The Bertz CT molecular complexity index is 655. The second kappa shape index (κ2) is 8.66. The number of rotatable bonds is 4. The van der Waals surface area contributed by atoms with Crippen LogP contribution in [0.2, 0.25) is 0 Å². The van der Waals surface area contributed by atoms with Crippen LogP contribution in [0.3, 0.4) is 0 Å². The first kappa shape index (κ1) is 19.5. The number of hydrogen-bond acceptors (Lipinski definition) is 5. The van der Waals surface area contributed by atoms with Gasteiger partial charge >= 0.3 is 0 Å². The summed E-state index contributed by atoms with van der Waals surface area (Å²) in [6.45, 7) is 8.45. The highest BCUT2D eigenvalue weighted by Crippen LogP contribution is 2.24. The molecule has 0 N–H and O–H groups in total. The number of carbonyl (C=O) groups excluding carboxylic acids is 2. The van der Waals surface area contributed by atoms with Crippen LogP contribution in [0, 0.1) is 0 Å². The predicted octanol–water partition coefficient (Wildman–Crippen LogP) is 1.51. The van der Waals surface area contributed by atoms with E-state index in [-0.39, 0.29) is 17.9 Å². The van der Waals surface area contributed by atoms with E-state index in [0.717, 1.165) is 32.2 Å². The topological polar surface area (TPSA) is 60.2 Å². The lowest BCUT2D eigenvalue weighted by Gasteiger charge is -2.42. The first-order chi connectivity index (χ1) is 13.6. The van der Waals surface area contributed by atoms with Crippen molar-refractivity contribution in [3.8, 4) is 0 Å². The quantitative estimate of drug-likeness (QED) is 0.783. The van der Waals surface area contributed by atoms with Crippen molar-refractivity contribution in [3.05, 3.63) is 24.2 Å². The second-order valence-corrected chi connectivity index (χ2v) is 8.28. The van der Waals surface area contributed by atoms with Gasteiger partial charge in [-0.05, 0) is 31.9 Å². The molecule has 154 valence electrons. The highest BCUT2D eigenvalue weighted by atomic mass is 16.3. The summed E-state index contributed by atoms with van der Waals surface area (Å²) in [5.41, 5.74) is 0. The minimum Gasteiger partial charge on any atom is -0.459 e. The molecular formula is C21H32N4O3. The van der Waals surface area contributed by atoms with Gasteiger partial charge in [0.15, 0.2) is 5.76 Å². The van der Waals surface area contributed by atoms with Crippen LogP contribution < -0.4 is 0 Å². The van der Waals surface area contributed by atoms with E-state index >= 15 is 0 Å². The fourth-order valence-corrected chi connectivity index (χ4v) is 4.87. The molecule has 3 fully saturated rings. The van der Waals surface area contributed by atoms with Gasteiger partial charge in [0.1, 0.15) is 0 Å². The molecule has 0 radical (unpaired) electrons. The monoisotopic (exact) mass is 388 g/mol. The summed E-state index contributed by atoms with van der Waals surface area (Å²) < 4.78 is 5.20. The molecule has 7 nitrogen and oxygen atoms in total. The Hall–Kier alpha value is -1.86. The van der Waals surface area contributed by atoms with Crippen LogP contribution in [-0.4, -0.2) is 95.9 Å². The molecule has 0 spiro atoms.